The molecule has 0 bridgehead atoms. The molecule has 5 heteroatoms. The zero-order chi connectivity index (χ0) is 15.0. The Balaban J connectivity index is 2.86. The normalized spacial score (nSPS) is 9.50. The Hall–Kier alpha value is -2.32. The summed E-state index contributed by atoms with van der Waals surface area (Å²) >= 11 is 0. The molecule has 0 heterocycles. The second kappa shape index (κ2) is 7.97. The Morgan fingerprint density at radius 1 is 1.40 bits per heavy atom. The van der Waals surface area contributed by atoms with Gasteiger partial charge in [-0.1, -0.05) is 23.5 Å². The maximum absolute atomic E-state index is 12.1. The van der Waals surface area contributed by atoms with Crippen molar-refractivity contribution in [2.45, 2.75) is 19.8 Å². The summed E-state index contributed by atoms with van der Waals surface area (Å²) in [5, 5.41) is 11.3. The number of carbonyl (C=O) groups excluding carboxylic acids is 2. The molecule has 5 nitrogen and oxygen atoms in total. The van der Waals surface area contributed by atoms with Crippen LogP contribution in [0.1, 0.15) is 34.3 Å². The van der Waals surface area contributed by atoms with Crippen molar-refractivity contribution in [1.82, 2.24) is 5.32 Å². The molecule has 0 unspecified atom stereocenters. The van der Waals surface area contributed by atoms with Crippen molar-refractivity contribution in [3.8, 4) is 11.8 Å². The largest absolute Gasteiger partial charge is 0.395 e. The van der Waals surface area contributed by atoms with Crippen molar-refractivity contribution in [3.05, 3.63) is 34.9 Å². The Morgan fingerprint density at radius 3 is 2.80 bits per heavy atom. The third-order valence-electron chi connectivity index (χ3n) is 2.54. The molecule has 0 spiro atoms. The monoisotopic (exact) mass is 274 g/mol. The fraction of sp³-hybridized carbons (Fsp3) is 0.333. The van der Waals surface area contributed by atoms with Crippen LogP contribution in [-0.4, -0.2) is 30.1 Å². The van der Waals surface area contributed by atoms with Crippen molar-refractivity contribution in [3.63, 3.8) is 0 Å². The molecular formula is C15H18N2O3. The number of aliphatic hydroxyl groups excluding tert-OH is 1. The van der Waals surface area contributed by atoms with E-state index in [1.807, 2.05) is 13.0 Å². The minimum atomic E-state index is -0.461. The number of rotatable bonds is 5. The smallest absolute Gasteiger partial charge is 0.252 e. The molecule has 0 aliphatic carbocycles. The molecule has 1 aromatic rings. The third kappa shape index (κ3) is 5.12. The first-order valence-corrected chi connectivity index (χ1v) is 6.31. The highest BCUT2D eigenvalue weighted by Gasteiger charge is 2.10. The van der Waals surface area contributed by atoms with E-state index in [1.54, 1.807) is 12.1 Å². The van der Waals surface area contributed by atoms with E-state index in [9.17, 15) is 9.59 Å². The molecular weight excluding hydrogens is 256 g/mol. The van der Waals surface area contributed by atoms with E-state index in [0.717, 1.165) is 5.56 Å². The SMILES string of the molecule is Cc1ccc(C#CCCO)c(C(=O)NCCC(N)=O)c1. The average molecular weight is 274 g/mol. The Kier molecular flexibility index (Phi) is 6.27. The molecule has 0 saturated carbocycles. The highest BCUT2D eigenvalue weighted by molar-refractivity contribution is 5.97. The molecule has 0 atom stereocenters. The van der Waals surface area contributed by atoms with Gasteiger partial charge in [0.2, 0.25) is 5.91 Å². The lowest BCUT2D eigenvalue weighted by Gasteiger charge is -2.07. The third-order valence-corrected chi connectivity index (χ3v) is 2.54. The maximum Gasteiger partial charge on any atom is 0.252 e. The van der Waals surface area contributed by atoms with Crippen LogP contribution in [0.2, 0.25) is 0 Å². The van der Waals surface area contributed by atoms with Gasteiger partial charge in [-0.05, 0) is 19.1 Å². The van der Waals surface area contributed by atoms with Crippen LogP contribution in [0.25, 0.3) is 0 Å². The number of hydrogen-bond acceptors (Lipinski definition) is 3. The van der Waals surface area contributed by atoms with Crippen LogP contribution in [0.5, 0.6) is 0 Å². The van der Waals surface area contributed by atoms with Gasteiger partial charge in [0, 0.05) is 24.9 Å². The fourth-order valence-electron chi connectivity index (χ4n) is 1.56. The highest BCUT2D eigenvalue weighted by Crippen LogP contribution is 2.11. The quantitative estimate of drug-likeness (QED) is 0.676. The molecule has 0 aliphatic rings. The standard InChI is InChI=1S/C15H18N2O3/c1-11-5-6-12(4-2-3-9-18)13(10-11)15(20)17-8-7-14(16)19/h5-6,10,18H,3,7-9H2,1H3,(H2,16,19)(H,17,20). The minimum absolute atomic E-state index is 0.0149. The van der Waals surface area contributed by atoms with Gasteiger partial charge < -0.3 is 16.2 Å². The summed E-state index contributed by atoms with van der Waals surface area (Å²) in [5.74, 6) is 4.90. The maximum atomic E-state index is 12.1. The van der Waals surface area contributed by atoms with Crippen LogP contribution in [0.4, 0.5) is 0 Å². The van der Waals surface area contributed by atoms with E-state index in [2.05, 4.69) is 17.2 Å². The van der Waals surface area contributed by atoms with Crippen molar-refractivity contribution < 1.29 is 14.7 Å². The van der Waals surface area contributed by atoms with Gasteiger partial charge in [0.1, 0.15) is 0 Å². The Morgan fingerprint density at radius 2 is 2.15 bits per heavy atom. The van der Waals surface area contributed by atoms with Crippen molar-refractivity contribution >= 4 is 11.8 Å². The average Bonchev–Trinajstić information content (AvgIpc) is 2.40. The lowest BCUT2D eigenvalue weighted by atomic mass is 10.0. The first kappa shape index (κ1) is 15.7. The number of hydrogen-bond donors (Lipinski definition) is 3. The number of amides is 2. The molecule has 0 aromatic heterocycles. The fourth-order valence-corrected chi connectivity index (χ4v) is 1.56. The zero-order valence-electron chi connectivity index (χ0n) is 11.4. The number of carbonyl (C=O) groups is 2. The van der Waals surface area contributed by atoms with E-state index in [1.165, 1.54) is 0 Å². The van der Waals surface area contributed by atoms with Gasteiger partial charge in [0.15, 0.2) is 0 Å². The van der Waals surface area contributed by atoms with Gasteiger partial charge >= 0.3 is 0 Å². The number of nitrogens with one attached hydrogen (secondary N) is 1. The molecule has 0 saturated heterocycles. The second-order valence-electron chi connectivity index (χ2n) is 4.30. The number of aryl methyl sites for hydroxylation is 1. The first-order chi connectivity index (χ1) is 9.54. The van der Waals surface area contributed by atoms with Gasteiger partial charge in [-0.15, -0.1) is 0 Å². The van der Waals surface area contributed by atoms with Crippen LogP contribution in [-0.2, 0) is 4.79 Å². The molecule has 4 N–H and O–H groups in total. The molecule has 20 heavy (non-hydrogen) atoms. The van der Waals surface area contributed by atoms with E-state index in [0.29, 0.717) is 17.5 Å². The Bertz CT molecular complexity index is 556. The molecule has 106 valence electrons. The zero-order valence-corrected chi connectivity index (χ0v) is 11.4. The van der Waals surface area contributed by atoms with Crippen LogP contribution in [0, 0.1) is 18.8 Å². The van der Waals surface area contributed by atoms with Crippen LogP contribution < -0.4 is 11.1 Å². The van der Waals surface area contributed by atoms with Crippen LogP contribution in [0.15, 0.2) is 18.2 Å². The highest BCUT2D eigenvalue weighted by atomic mass is 16.2. The predicted molar refractivity (Wildman–Crippen MR) is 75.9 cm³/mol. The summed E-state index contributed by atoms with van der Waals surface area (Å²) in [5.41, 5.74) is 7.01. The lowest BCUT2D eigenvalue weighted by Crippen LogP contribution is -2.28. The van der Waals surface area contributed by atoms with Gasteiger partial charge in [0.05, 0.1) is 12.2 Å². The van der Waals surface area contributed by atoms with Gasteiger partial charge in [-0.2, -0.15) is 0 Å². The molecule has 2 amide bonds. The van der Waals surface area contributed by atoms with Crippen LogP contribution in [0.3, 0.4) is 0 Å². The summed E-state index contributed by atoms with van der Waals surface area (Å²) in [6.45, 7) is 2.07. The van der Waals surface area contributed by atoms with Crippen molar-refractivity contribution in [1.29, 1.82) is 0 Å². The summed E-state index contributed by atoms with van der Waals surface area (Å²) in [6.07, 6.45) is 0.458. The molecule has 0 aliphatic heterocycles. The van der Waals surface area contributed by atoms with Crippen molar-refractivity contribution in [2.24, 2.45) is 5.73 Å². The van der Waals surface area contributed by atoms with E-state index in [-0.39, 0.29) is 25.5 Å². The number of aliphatic hydroxyl groups is 1. The topological polar surface area (TPSA) is 92.4 Å². The minimum Gasteiger partial charge on any atom is -0.395 e. The van der Waals surface area contributed by atoms with Gasteiger partial charge in [-0.25, -0.2) is 0 Å². The number of nitrogens with two attached hydrogens (primary N) is 1. The van der Waals surface area contributed by atoms with E-state index < -0.39 is 5.91 Å². The lowest BCUT2D eigenvalue weighted by molar-refractivity contribution is -0.117. The summed E-state index contributed by atoms with van der Waals surface area (Å²) in [6, 6.07) is 5.37. The van der Waals surface area contributed by atoms with Crippen LogP contribution >= 0.6 is 0 Å². The molecule has 0 fully saturated rings. The number of primary amides is 1. The van der Waals surface area contributed by atoms with E-state index >= 15 is 0 Å². The first-order valence-electron chi connectivity index (χ1n) is 6.31. The summed E-state index contributed by atoms with van der Waals surface area (Å²) < 4.78 is 0. The summed E-state index contributed by atoms with van der Waals surface area (Å²) in [7, 11) is 0. The van der Waals surface area contributed by atoms with Gasteiger partial charge in [0.25, 0.3) is 5.91 Å². The van der Waals surface area contributed by atoms with Crippen molar-refractivity contribution in [2.75, 3.05) is 13.2 Å². The molecule has 1 rings (SSSR count). The number of benzene rings is 1. The molecule has 1 aromatic carbocycles. The van der Waals surface area contributed by atoms with E-state index in [4.69, 9.17) is 10.8 Å². The molecule has 0 radical (unpaired) electrons. The van der Waals surface area contributed by atoms with Gasteiger partial charge in [-0.3, -0.25) is 9.59 Å². The second-order valence-corrected chi connectivity index (χ2v) is 4.30. The summed E-state index contributed by atoms with van der Waals surface area (Å²) in [4.78, 5) is 22.7. The predicted octanol–water partition coefficient (Wildman–Crippen LogP) is 0.334. The Labute approximate surface area is 118 Å².